The third-order valence-electron chi connectivity index (χ3n) is 1.77. The fourth-order valence-electron chi connectivity index (χ4n) is 0.865. The van der Waals surface area contributed by atoms with Gasteiger partial charge in [-0.25, -0.2) is 0 Å². The van der Waals surface area contributed by atoms with E-state index in [-0.39, 0.29) is 10.00 Å². The number of nitrogens with zero attached hydrogens (tertiary/aromatic N) is 1. The summed E-state index contributed by atoms with van der Waals surface area (Å²) in [5, 5.41) is 9.07. The quantitative estimate of drug-likeness (QED) is 0.672. The van der Waals surface area contributed by atoms with Crippen molar-refractivity contribution < 1.29 is 0 Å². The zero-order valence-corrected chi connectivity index (χ0v) is 9.53. The molecule has 0 radical (unpaired) electrons. The molecular formula is C10H19NS. The van der Waals surface area contributed by atoms with Crippen LogP contribution in [-0.4, -0.2) is 10.00 Å². The molecule has 2 unspecified atom stereocenters. The Balaban J connectivity index is 4.12. The van der Waals surface area contributed by atoms with E-state index >= 15 is 0 Å². The first-order chi connectivity index (χ1) is 5.40. The summed E-state index contributed by atoms with van der Waals surface area (Å²) in [6.07, 6.45) is 1.08. The summed E-state index contributed by atoms with van der Waals surface area (Å²) in [4.78, 5) is 0. The van der Waals surface area contributed by atoms with Crippen LogP contribution in [0.1, 0.15) is 41.0 Å². The van der Waals surface area contributed by atoms with Crippen LogP contribution in [0.4, 0.5) is 0 Å². The summed E-state index contributed by atoms with van der Waals surface area (Å²) in [6, 6.07) is 2.37. The van der Waals surface area contributed by atoms with Gasteiger partial charge in [-0.3, -0.25) is 0 Å². The maximum Gasteiger partial charge on any atom is 0.0947 e. The average Bonchev–Trinajstić information content (AvgIpc) is 1.97. The molecule has 0 saturated carbocycles. The van der Waals surface area contributed by atoms with Gasteiger partial charge in [0.25, 0.3) is 0 Å². The minimum absolute atomic E-state index is 0.148. The van der Waals surface area contributed by atoms with Gasteiger partial charge < -0.3 is 0 Å². The largest absolute Gasteiger partial charge is 0.197 e. The van der Waals surface area contributed by atoms with Crippen LogP contribution >= 0.6 is 11.8 Å². The Labute approximate surface area is 80.5 Å². The van der Waals surface area contributed by atoms with Gasteiger partial charge in [0, 0.05) is 4.75 Å². The van der Waals surface area contributed by atoms with Gasteiger partial charge in [0.2, 0.25) is 0 Å². The number of thioether (sulfide) groups is 1. The summed E-state index contributed by atoms with van der Waals surface area (Å²) in [5.74, 6) is 0.499. The Morgan fingerprint density at radius 3 is 2.17 bits per heavy atom. The van der Waals surface area contributed by atoms with Gasteiger partial charge in [-0.05, 0) is 5.92 Å². The molecule has 1 nitrogen and oxygen atoms in total. The first-order valence-electron chi connectivity index (χ1n) is 4.48. The van der Waals surface area contributed by atoms with Gasteiger partial charge in [0.05, 0.1) is 11.3 Å². The zero-order chi connectivity index (χ0) is 9.78. The monoisotopic (exact) mass is 185 g/mol. The summed E-state index contributed by atoms with van der Waals surface area (Å²) in [7, 11) is 0. The van der Waals surface area contributed by atoms with Crippen molar-refractivity contribution in [3.05, 3.63) is 0 Å². The standard InChI is InChI=1S/C10H19NS/c1-6-8(2)9(7-11)12-10(3,4)5/h8-9H,6H2,1-5H3. The molecule has 0 bridgehead atoms. The van der Waals surface area contributed by atoms with Crippen molar-refractivity contribution in [2.45, 2.75) is 51.0 Å². The van der Waals surface area contributed by atoms with Gasteiger partial charge in [-0.15, -0.1) is 11.8 Å². The summed E-state index contributed by atoms with van der Waals surface area (Å²) >= 11 is 1.77. The van der Waals surface area contributed by atoms with Crippen molar-refractivity contribution in [2.24, 2.45) is 5.92 Å². The maximum absolute atomic E-state index is 8.92. The second kappa shape index (κ2) is 4.77. The molecule has 0 heterocycles. The molecule has 0 N–H and O–H groups in total. The van der Waals surface area contributed by atoms with E-state index in [1.807, 2.05) is 0 Å². The zero-order valence-electron chi connectivity index (χ0n) is 8.72. The molecule has 0 fully saturated rings. The van der Waals surface area contributed by atoms with Gasteiger partial charge in [-0.2, -0.15) is 5.26 Å². The molecule has 0 aromatic rings. The van der Waals surface area contributed by atoms with Crippen molar-refractivity contribution in [3.8, 4) is 6.07 Å². The molecule has 12 heavy (non-hydrogen) atoms. The molecule has 2 atom stereocenters. The van der Waals surface area contributed by atoms with Crippen molar-refractivity contribution in [2.75, 3.05) is 0 Å². The first-order valence-corrected chi connectivity index (χ1v) is 5.36. The molecule has 0 rings (SSSR count). The van der Waals surface area contributed by atoms with Gasteiger partial charge in [0.15, 0.2) is 0 Å². The normalized spacial score (nSPS) is 16.7. The molecule has 70 valence electrons. The first kappa shape index (κ1) is 11.8. The molecule has 0 saturated heterocycles. The topological polar surface area (TPSA) is 23.8 Å². The highest BCUT2D eigenvalue weighted by Gasteiger charge is 2.22. The van der Waals surface area contributed by atoms with E-state index in [1.54, 1.807) is 11.8 Å². The Morgan fingerprint density at radius 2 is 1.92 bits per heavy atom. The number of rotatable bonds is 3. The SMILES string of the molecule is CCC(C)C(C#N)SC(C)(C)C. The van der Waals surface area contributed by atoms with Gasteiger partial charge in [-0.1, -0.05) is 41.0 Å². The smallest absolute Gasteiger partial charge is 0.0947 e. The van der Waals surface area contributed by atoms with Gasteiger partial charge in [0.1, 0.15) is 0 Å². The molecule has 0 spiro atoms. The molecule has 0 amide bonds. The van der Waals surface area contributed by atoms with Gasteiger partial charge >= 0.3 is 0 Å². The predicted molar refractivity (Wildman–Crippen MR) is 56.2 cm³/mol. The van der Waals surface area contributed by atoms with Crippen LogP contribution in [0.15, 0.2) is 0 Å². The average molecular weight is 185 g/mol. The third-order valence-corrected chi connectivity index (χ3v) is 3.30. The molecule has 0 aliphatic carbocycles. The van der Waals surface area contributed by atoms with E-state index in [9.17, 15) is 0 Å². The number of nitriles is 1. The summed E-state index contributed by atoms with van der Waals surface area (Å²) < 4.78 is 0.198. The van der Waals surface area contributed by atoms with Crippen molar-refractivity contribution in [1.82, 2.24) is 0 Å². The van der Waals surface area contributed by atoms with E-state index in [1.165, 1.54) is 0 Å². The second-order valence-electron chi connectivity index (χ2n) is 4.17. The third kappa shape index (κ3) is 4.66. The van der Waals surface area contributed by atoms with Crippen LogP contribution in [0.2, 0.25) is 0 Å². The predicted octanol–water partition coefficient (Wildman–Crippen LogP) is 3.46. The minimum Gasteiger partial charge on any atom is -0.197 e. The highest BCUT2D eigenvalue weighted by atomic mass is 32.2. The lowest BCUT2D eigenvalue weighted by molar-refractivity contribution is 0.584. The summed E-state index contributed by atoms with van der Waals surface area (Å²) in [6.45, 7) is 10.8. The highest BCUT2D eigenvalue weighted by molar-refractivity contribution is 8.01. The molecule has 0 aromatic carbocycles. The Bertz CT molecular complexity index is 164. The molecule has 0 aromatic heterocycles. The highest BCUT2D eigenvalue weighted by Crippen LogP contribution is 2.32. The van der Waals surface area contributed by atoms with E-state index in [2.05, 4.69) is 40.7 Å². The van der Waals surface area contributed by atoms with Crippen LogP contribution in [0.5, 0.6) is 0 Å². The number of hydrogen-bond donors (Lipinski definition) is 0. The van der Waals surface area contributed by atoms with Crippen LogP contribution in [0.25, 0.3) is 0 Å². The van der Waals surface area contributed by atoms with E-state index in [0.29, 0.717) is 5.92 Å². The molecule has 0 aliphatic rings. The van der Waals surface area contributed by atoms with Crippen LogP contribution in [0, 0.1) is 17.2 Å². The lowest BCUT2D eigenvalue weighted by Crippen LogP contribution is -2.19. The van der Waals surface area contributed by atoms with Crippen LogP contribution in [0.3, 0.4) is 0 Å². The maximum atomic E-state index is 8.92. The lowest BCUT2D eigenvalue weighted by Gasteiger charge is -2.24. The fourth-order valence-corrected chi connectivity index (χ4v) is 2.10. The Hall–Kier alpha value is -0.160. The van der Waals surface area contributed by atoms with Crippen molar-refractivity contribution in [3.63, 3.8) is 0 Å². The van der Waals surface area contributed by atoms with E-state index in [0.717, 1.165) is 6.42 Å². The van der Waals surface area contributed by atoms with E-state index in [4.69, 9.17) is 5.26 Å². The van der Waals surface area contributed by atoms with E-state index < -0.39 is 0 Å². The molecule has 0 aliphatic heterocycles. The van der Waals surface area contributed by atoms with Crippen molar-refractivity contribution >= 4 is 11.8 Å². The number of hydrogen-bond acceptors (Lipinski definition) is 2. The fraction of sp³-hybridized carbons (Fsp3) is 0.900. The lowest BCUT2D eigenvalue weighted by atomic mass is 10.1. The van der Waals surface area contributed by atoms with Crippen LogP contribution < -0.4 is 0 Å². The Kier molecular flexibility index (Phi) is 4.70. The Morgan fingerprint density at radius 1 is 1.42 bits per heavy atom. The van der Waals surface area contributed by atoms with Crippen molar-refractivity contribution in [1.29, 1.82) is 5.26 Å². The molecular weight excluding hydrogens is 166 g/mol. The minimum atomic E-state index is 0.148. The second-order valence-corrected chi connectivity index (χ2v) is 6.13. The summed E-state index contributed by atoms with van der Waals surface area (Å²) in [5.41, 5.74) is 0. The van der Waals surface area contributed by atoms with Crippen LogP contribution in [-0.2, 0) is 0 Å². The molecule has 2 heteroatoms.